The van der Waals surface area contributed by atoms with Crippen LogP contribution in [0, 0.1) is 23.7 Å². The van der Waals surface area contributed by atoms with Crippen molar-refractivity contribution < 1.29 is 14.6 Å². The third-order valence-corrected chi connectivity index (χ3v) is 6.24. The van der Waals surface area contributed by atoms with E-state index in [2.05, 4.69) is 0 Å². The number of ketones is 1. The number of aliphatic hydroxyl groups excluding tert-OH is 1. The van der Waals surface area contributed by atoms with E-state index in [1.807, 2.05) is 0 Å². The lowest BCUT2D eigenvalue weighted by molar-refractivity contribution is -0.129. The monoisotopic (exact) mass is 250 g/mol. The maximum absolute atomic E-state index is 12.1. The second-order valence-electron chi connectivity index (χ2n) is 6.84. The third kappa shape index (κ3) is 1.30. The Hall–Kier alpha value is -0.410. The third-order valence-electron chi connectivity index (χ3n) is 6.24. The van der Waals surface area contributed by atoms with Gasteiger partial charge in [-0.15, -0.1) is 0 Å². The summed E-state index contributed by atoms with van der Waals surface area (Å²) in [5.41, 5.74) is -0.0654. The summed E-state index contributed by atoms with van der Waals surface area (Å²) < 4.78 is 6.44. The molecule has 4 fully saturated rings. The minimum Gasteiger partial charge on any atom is -0.396 e. The van der Waals surface area contributed by atoms with E-state index >= 15 is 0 Å². The molecule has 0 radical (unpaired) electrons. The Morgan fingerprint density at radius 2 is 2.22 bits per heavy atom. The lowest BCUT2D eigenvalue weighted by Crippen LogP contribution is -2.41. The summed E-state index contributed by atoms with van der Waals surface area (Å²) in [7, 11) is 0. The molecule has 3 nitrogen and oxygen atoms in total. The fraction of sp³-hybridized carbons (Fsp3) is 0.933. The molecule has 100 valence electrons. The number of Topliss-reactive ketones (excluding diaryl/α,β-unsaturated/α-hetero) is 1. The zero-order valence-electron chi connectivity index (χ0n) is 10.8. The van der Waals surface area contributed by atoms with Gasteiger partial charge in [-0.2, -0.15) is 0 Å². The summed E-state index contributed by atoms with van der Waals surface area (Å²) in [5, 5.41) is 9.69. The Kier molecular flexibility index (Phi) is 2.41. The Morgan fingerprint density at radius 1 is 1.33 bits per heavy atom. The fourth-order valence-electron chi connectivity index (χ4n) is 5.52. The lowest BCUT2D eigenvalue weighted by atomic mass is 9.71. The van der Waals surface area contributed by atoms with E-state index in [0.29, 0.717) is 17.6 Å². The van der Waals surface area contributed by atoms with Crippen LogP contribution in [0.2, 0.25) is 0 Å². The van der Waals surface area contributed by atoms with Crippen LogP contribution in [0.4, 0.5) is 0 Å². The van der Waals surface area contributed by atoms with E-state index < -0.39 is 0 Å². The van der Waals surface area contributed by atoms with Crippen molar-refractivity contribution in [2.45, 2.75) is 56.7 Å². The highest BCUT2D eigenvalue weighted by molar-refractivity contribution is 5.84. The van der Waals surface area contributed by atoms with Gasteiger partial charge in [-0.05, 0) is 43.9 Å². The van der Waals surface area contributed by atoms with E-state index in [9.17, 15) is 9.90 Å². The van der Waals surface area contributed by atoms with Crippen LogP contribution in [-0.2, 0) is 9.53 Å². The van der Waals surface area contributed by atoms with Crippen LogP contribution in [0.15, 0.2) is 0 Å². The number of carbonyl (C=O) groups is 1. The molecule has 2 bridgehead atoms. The lowest BCUT2D eigenvalue weighted by Gasteiger charge is -2.35. The van der Waals surface area contributed by atoms with Gasteiger partial charge < -0.3 is 9.84 Å². The first kappa shape index (κ1) is 11.4. The molecule has 0 aromatic heterocycles. The molecule has 6 atom stereocenters. The summed E-state index contributed by atoms with van der Waals surface area (Å²) in [6.45, 7) is 0.235. The molecule has 3 heteroatoms. The quantitative estimate of drug-likeness (QED) is 0.773. The van der Waals surface area contributed by atoms with Crippen LogP contribution < -0.4 is 0 Å². The molecule has 2 heterocycles. The minimum atomic E-state index is -0.0654. The Bertz CT molecular complexity index is 380. The Morgan fingerprint density at radius 3 is 3.06 bits per heavy atom. The number of ether oxygens (including phenoxy) is 1. The van der Waals surface area contributed by atoms with Crippen molar-refractivity contribution >= 4 is 5.78 Å². The zero-order valence-corrected chi connectivity index (χ0v) is 10.8. The zero-order chi connectivity index (χ0) is 12.3. The molecule has 0 aromatic rings. The van der Waals surface area contributed by atoms with Crippen LogP contribution in [0.1, 0.15) is 44.9 Å². The molecule has 4 unspecified atom stereocenters. The number of rotatable bonds is 1. The van der Waals surface area contributed by atoms with E-state index in [-0.39, 0.29) is 30.1 Å². The van der Waals surface area contributed by atoms with Gasteiger partial charge in [0.15, 0.2) is 0 Å². The number of fused-ring (bicyclic) bond motifs is 3. The summed E-state index contributed by atoms with van der Waals surface area (Å²) in [4.78, 5) is 12.1. The summed E-state index contributed by atoms with van der Waals surface area (Å²) in [6, 6.07) is 0. The topological polar surface area (TPSA) is 46.5 Å². The van der Waals surface area contributed by atoms with Crippen molar-refractivity contribution in [3.05, 3.63) is 0 Å². The van der Waals surface area contributed by atoms with Gasteiger partial charge >= 0.3 is 0 Å². The summed E-state index contributed by atoms with van der Waals surface area (Å²) in [6.07, 6.45) is 7.62. The maximum atomic E-state index is 12.1. The highest BCUT2D eigenvalue weighted by Crippen LogP contribution is 2.59. The molecular weight excluding hydrogens is 228 g/mol. The van der Waals surface area contributed by atoms with E-state index in [1.54, 1.807) is 0 Å². The van der Waals surface area contributed by atoms with Crippen molar-refractivity contribution in [2.75, 3.05) is 6.61 Å². The van der Waals surface area contributed by atoms with E-state index in [0.717, 1.165) is 25.7 Å². The molecule has 0 aromatic carbocycles. The molecule has 1 spiro atoms. The average Bonchev–Trinajstić information content (AvgIpc) is 2.99. The van der Waals surface area contributed by atoms with Crippen LogP contribution in [0.3, 0.4) is 0 Å². The molecular formula is C15H22O3. The van der Waals surface area contributed by atoms with Crippen LogP contribution in [-0.4, -0.2) is 29.2 Å². The second kappa shape index (κ2) is 3.80. The largest absolute Gasteiger partial charge is 0.396 e. The Labute approximate surface area is 108 Å². The van der Waals surface area contributed by atoms with Crippen molar-refractivity contribution in [3.8, 4) is 0 Å². The van der Waals surface area contributed by atoms with Gasteiger partial charge in [0, 0.05) is 24.9 Å². The predicted octanol–water partition coefficient (Wildman–Crippen LogP) is 1.92. The first-order valence-electron chi connectivity index (χ1n) is 7.56. The molecule has 4 aliphatic rings. The van der Waals surface area contributed by atoms with Crippen molar-refractivity contribution in [1.82, 2.24) is 0 Å². The van der Waals surface area contributed by atoms with E-state index in [4.69, 9.17) is 4.74 Å². The predicted molar refractivity (Wildman–Crippen MR) is 66.0 cm³/mol. The number of aliphatic hydroxyl groups is 1. The molecule has 2 saturated heterocycles. The molecule has 0 amide bonds. The van der Waals surface area contributed by atoms with Gasteiger partial charge in [-0.1, -0.05) is 6.42 Å². The number of carbonyl (C=O) groups excluding carboxylic acids is 1. The first-order chi connectivity index (χ1) is 8.74. The highest BCUT2D eigenvalue weighted by atomic mass is 16.5. The van der Waals surface area contributed by atoms with Gasteiger partial charge in [-0.25, -0.2) is 0 Å². The van der Waals surface area contributed by atoms with Crippen LogP contribution in [0.25, 0.3) is 0 Å². The van der Waals surface area contributed by atoms with Crippen molar-refractivity contribution in [2.24, 2.45) is 23.7 Å². The molecule has 2 saturated carbocycles. The van der Waals surface area contributed by atoms with Gasteiger partial charge in [0.05, 0.1) is 11.7 Å². The second-order valence-corrected chi connectivity index (χ2v) is 6.84. The molecule has 2 aliphatic heterocycles. The average molecular weight is 250 g/mol. The van der Waals surface area contributed by atoms with Crippen molar-refractivity contribution in [1.29, 1.82) is 0 Å². The SMILES string of the molecule is O=C1CCC2CC3CCC[C@@]34O[C@H](CC4CO)C12. The summed E-state index contributed by atoms with van der Waals surface area (Å²) >= 11 is 0. The van der Waals surface area contributed by atoms with Crippen molar-refractivity contribution in [3.63, 3.8) is 0 Å². The maximum Gasteiger partial charge on any atom is 0.138 e. The van der Waals surface area contributed by atoms with Crippen LogP contribution in [0.5, 0.6) is 0 Å². The molecule has 18 heavy (non-hydrogen) atoms. The number of hydrogen-bond acceptors (Lipinski definition) is 3. The van der Waals surface area contributed by atoms with Gasteiger partial charge in [0.2, 0.25) is 0 Å². The highest BCUT2D eigenvalue weighted by Gasteiger charge is 2.61. The van der Waals surface area contributed by atoms with Gasteiger partial charge in [-0.3, -0.25) is 4.79 Å². The van der Waals surface area contributed by atoms with Gasteiger partial charge in [0.25, 0.3) is 0 Å². The first-order valence-corrected chi connectivity index (χ1v) is 7.56. The molecule has 4 rings (SSSR count). The van der Waals surface area contributed by atoms with E-state index in [1.165, 1.54) is 19.3 Å². The molecule has 1 N–H and O–H groups in total. The van der Waals surface area contributed by atoms with Crippen LogP contribution >= 0.6 is 0 Å². The summed E-state index contributed by atoms with van der Waals surface area (Å²) in [5.74, 6) is 2.04. The number of hydrogen-bond donors (Lipinski definition) is 1. The minimum absolute atomic E-state index is 0.0654. The normalized spacial score (nSPS) is 54.3. The Balaban J connectivity index is 1.73. The standard InChI is InChI=1S/C15H22O3/c16-8-11-7-13-14-9(3-4-12(14)17)6-10-2-1-5-15(10,11)18-13/h9-11,13-14,16H,1-8H2/t9?,10?,11?,13-,14?,15-/m1/s1. The van der Waals surface area contributed by atoms with Gasteiger partial charge in [0.1, 0.15) is 5.78 Å². The molecule has 2 aliphatic carbocycles. The smallest absolute Gasteiger partial charge is 0.138 e. The fourth-order valence-corrected chi connectivity index (χ4v) is 5.52.